The summed E-state index contributed by atoms with van der Waals surface area (Å²) >= 11 is 0. The van der Waals surface area contributed by atoms with Gasteiger partial charge in [0.15, 0.2) is 12.3 Å². The summed E-state index contributed by atoms with van der Waals surface area (Å²) in [5.74, 6) is -1.04. The van der Waals surface area contributed by atoms with Crippen molar-refractivity contribution < 1.29 is 14.5 Å². The smallest absolute Gasteiger partial charge is 0.210 e. The zero-order valence-corrected chi connectivity index (χ0v) is 16.3. The van der Waals surface area contributed by atoms with E-state index in [-0.39, 0.29) is 11.8 Å². The van der Waals surface area contributed by atoms with Crippen LogP contribution in [0.1, 0.15) is 31.5 Å². The number of rotatable bonds is 5. The van der Waals surface area contributed by atoms with Crippen molar-refractivity contribution in [1.29, 1.82) is 0 Å². The molecule has 0 spiro atoms. The fraction of sp³-hybridized carbons (Fsp3) is 0.261. The van der Waals surface area contributed by atoms with Gasteiger partial charge in [0.1, 0.15) is 0 Å². The number of carbonyl (C=O) groups is 1. The Labute approximate surface area is 164 Å². The minimum atomic E-state index is -1.04. The number of carboxylic acids is 1. The monoisotopic (exact) mass is 373 g/mol. The van der Waals surface area contributed by atoms with Crippen LogP contribution in [-0.2, 0) is 17.3 Å². The first-order chi connectivity index (χ1) is 13.4. The molecule has 3 aromatic rings. The first kappa shape index (κ1) is 18.2. The van der Waals surface area contributed by atoms with E-state index in [0.717, 1.165) is 17.1 Å². The molecule has 0 fully saturated rings. The molecule has 0 saturated carbocycles. The molecule has 5 heteroatoms. The van der Waals surface area contributed by atoms with Crippen LogP contribution < -0.4 is 5.11 Å². The van der Waals surface area contributed by atoms with Crippen molar-refractivity contribution >= 4 is 34.2 Å². The van der Waals surface area contributed by atoms with E-state index in [9.17, 15) is 9.90 Å². The average Bonchev–Trinajstić information content (AvgIpc) is 3.16. The second-order valence-corrected chi connectivity index (χ2v) is 7.76. The first-order valence-electron chi connectivity index (χ1n) is 9.41. The summed E-state index contributed by atoms with van der Waals surface area (Å²) in [6.07, 6.45) is 7.74. The predicted molar refractivity (Wildman–Crippen MR) is 109 cm³/mol. The number of hydrogen-bond donors (Lipinski definition) is 0. The van der Waals surface area contributed by atoms with Crippen molar-refractivity contribution in [2.75, 3.05) is 6.54 Å². The van der Waals surface area contributed by atoms with E-state index in [0.29, 0.717) is 6.54 Å². The molecule has 0 radical (unpaired) electrons. The van der Waals surface area contributed by atoms with Crippen molar-refractivity contribution in [3.8, 4) is 0 Å². The first-order valence-corrected chi connectivity index (χ1v) is 9.41. The van der Waals surface area contributed by atoms with Gasteiger partial charge in [0.25, 0.3) is 0 Å². The quantitative estimate of drug-likeness (QED) is 0.646. The molecule has 1 aromatic heterocycles. The molecular formula is C23H23N3O2. The van der Waals surface area contributed by atoms with Crippen LogP contribution in [0.2, 0.25) is 0 Å². The number of allylic oxidation sites excluding steroid dienone is 1. The average molecular weight is 373 g/mol. The van der Waals surface area contributed by atoms with Crippen LogP contribution >= 0.6 is 0 Å². The molecule has 0 amide bonds. The third kappa shape index (κ3) is 3.03. The van der Waals surface area contributed by atoms with E-state index in [1.807, 2.05) is 36.0 Å². The highest BCUT2D eigenvalue weighted by Crippen LogP contribution is 2.44. The fourth-order valence-electron chi connectivity index (χ4n) is 4.16. The van der Waals surface area contributed by atoms with Crippen LogP contribution in [0.15, 0.2) is 55.0 Å². The minimum absolute atomic E-state index is 0.0245. The largest absolute Gasteiger partial charge is 0.550 e. The number of nitrogens with zero attached hydrogens (tertiary/aromatic N) is 3. The van der Waals surface area contributed by atoms with Gasteiger partial charge in [-0.25, -0.2) is 4.98 Å². The summed E-state index contributed by atoms with van der Waals surface area (Å²) < 4.78 is 4.01. The number of benzene rings is 2. The molecule has 0 atom stereocenters. The zero-order chi connectivity index (χ0) is 19.9. The second kappa shape index (κ2) is 6.75. The van der Waals surface area contributed by atoms with E-state index in [1.54, 1.807) is 6.33 Å². The third-order valence-corrected chi connectivity index (χ3v) is 5.43. The van der Waals surface area contributed by atoms with Crippen molar-refractivity contribution in [3.05, 3.63) is 66.3 Å². The number of aliphatic carboxylic acids is 1. The topological polar surface area (TPSA) is 61.0 Å². The Balaban J connectivity index is 1.88. The maximum atomic E-state index is 11.2. The van der Waals surface area contributed by atoms with Crippen LogP contribution in [0.25, 0.3) is 16.8 Å². The van der Waals surface area contributed by atoms with Gasteiger partial charge >= 0.3 is 0 Å². The number of carboxylic acid groups (broad SMARTS) is 1. The lowest BCUT2D eigenvalue weighted by molar-refractivity contribution is -0.439. The van der Waals surface area contributed by atoms with Crippen LogP contribution in [0, 0.1) is 0 Å². The van der Waals surface area contributed by atoms with E-state index >= 15 is 0 Å². The molecule has 1 aliphatic heterocycles. The van der Waals surface area contributed by atoms with Crippen molar-refractivity contribution in [3.63, 3.8) is 0 Å². The Bertz CT molecular complexity index is 1140. The summed E-state index contributed by atoms with van der Waals surface area (Å²) in [7, 11) is 1.94. The third-order valence-electron chi connectivity index (χ3n) is 5.43. The number of fused-ring (bicyclic) bond motifs is 3. The summed E-state index contributed by atoms with van der Waals surface area (Å²) in [5.41, 5.74) is 3.94. The minimum Gasteiger partial charge on any atom is -0.550 e. The van der Waals surface area contributed by atoms with Gasteiger partial charge in [-0.2, -0.15) is 4.58 Å². The molecule has 28 heavy (non-hydrogen) atoms. The van der Waals surface area contributed by atoms with Gasteiger partial charge in [-0.3, -0.25) is 0 Å². The number of hydrogen-bond acceptors (Lipinski definition) is 3. The second-order valence-electron chi connectivity index (χ2n) is 7.76. The van der Waals surface area contributed by atoms with Gasteiger partial charge in [-0.1, -0.05) is 24.3 Å². The van der Waals surface area contributed by atoms with Gasteiger partial charge in [0, 0.05) is 43.3 Å². The molecule has 0 aliphatic carbocycles. The van der Waals surface area contributed by atoms with Crippen LogP contribution in [0.5, 0.6) is 0 Å². The molecule has 0 unspecified atom stereocenters. The lowest BCUT2D eigenvalue weighted by Crippen LogP contribution is -2.30. The maximum absolute atomic E-state index is 11.2. The highest BCUT2D eigenvalue weighted by Gasteiger charge is 2.45. The molecular weight excluding hydrogens is 350 g/mol. The number of imidazole rings is 1. The molecule has 0 N–H and O–H groups in total. The predicted octanol–water partition coefficient (Wildman–Crippen LogP) is 2.80. The molecule has 142 valence electrons. The fourth-order valence-corrected chi connectivity index (χ4v) is 4.16. The normalized spacial score (nSPS) is 15.5. The maximum Gasteiger partial charge on any atom is 0.210 e. The highest BCUT2D eigenvalue weighted by molar-refractivity contribution is 6.09. The van der Waals surface area contributed by atoms with Gasteiger partial charge in [-0.05, 0) is 36.8 Å². The molecule has 2 heterocycles. The van der Waals surface area contributed by atoms with Crippen molar-refractivity contribution in [2.45, 2.75) is 25.7 Å². The summed E-state index contributed by atoms with van der Waals surface area (Å²) in [4.78, 5) is 15.5. The number of aromatic nitrogens is 2. The van der Waals surface area contributed by atoms with Crippen molar-refractivity contribution in [2.24, 2.45) is 7.05 Å². The van der Waals surface area contributed by atoms with E-state index < -0.39 is 5.97 Å². The number of carbonyl (C=O) groups excluding carboxylic acids is 1. The standard InChI is InChI=1S/C23H23N3O2/c1-23(2)20(11-9-17-14-25(3)15-24-17)26(13-12-21(27)28)19-10-8-16-6-4-5-7-18(16)22(19)23/h4-11,14-15H,12-13H2,1-3H3. The Hall–Kier alpha value is -3.21. The van der Waals surface area contributed by atoms with E-state index in [4.69, 9.17) is 0 Å². The Kier molecular flexibility index (Phi) is 4.38. The van der Waals surface area contributed by atoms with Crippen molar-refractivity contribution in [1.82, 2.24) is 9.55 Å². The Morgan fingerprint density at radius 1 is 1.21 bits per heavy atom. The molecule has 0 saturated heterocycles. The molecule has 0 bridgehead atoms. The summed E-state index contributed by atoms with van der Waals surface area (Å²) in [6.45, 7) is 4.75. The van der Waals surface area contributed by atoms with Gasteiger partial charge < -0.3 is 14.5 Å². The van der Waals surface area contributed by atoms with Gasteiger partial charge in [0.05, 0.1) is 17.4 Å². The van der Waals surface area contributed by atoms with Crippen LogP contribution in [0.3, 0.4) is 0 Å². The van der Waals surface area contributed by atoms with Crippen LogP contribution in [-0.4, -0.2) is 32.4 Å². The van der Waals surface area contributed by atoms with Gasteiger partial charge in [-0.15, -0.1) is 0 Å². The molecule has 5 nitrogen and oxygen atoms in total. The van der Waals surface area contributed by atoms with E-state index in [1.165, 1.54) is 16.3 Å². The highest BCUT2D eigenvalue weighted by atomic mass is 16.4. The Morgan fingerprint density at radius 2 is 2.00 bits per heavy atom. The van der Waals surface area contributed by atoms with E-state index in [2.05, 4.69) is 53.7 Å². The molecule has 1 aliphatic rings. The zero-order valence-electron chi connectivity index (χ0n) is 16.3. The molecule has 4 rings (SSSR count). The summed E-state index contributed by atoms with van der Waals surface area (Å²) in [6, 6.07) is 12.5. The number of aryl methyl sites for hydroxylation is 1. The lowest BCUT2D eigenvalue weighted by atomic mass is 9.79. The SMILES string of the molecule is Cn1cnc(/C=C/C2=[N+](CCC(=O)[O-])c3ccc4ccccc4c3C2(C)C)c1. The van der Waals surface area contributed by atoms with Gasteiger partial charge in [0.2, 0.25) is 5.69 Å². The molecule has 2 aromatic carbocycles. The Morgan fingerprint density at radius 3 is 2.71 bits per heavy atom. The summed E-state index contributed by atoms with van der Waals surface area (Å²) in [5, 5.41) is 13.5. The lowest BCUT2D eigenvalue weighted by Gasteiger charge is -2.17. The van der Waals surface area contributed by atoms with Crippen LogP contribution in [0.4, 0.5) is 5.69 Å².